The third kappa shape index (κ3) is 4.11. The van der Waals surface area contributed by atoms with Crippen molar-refractivity contribution in [3.8, 4) is 21.8 Å². The van der Waals surface area contributed by atoms with Gasteiger partial charge in [0.15, 0.2) is 5.76 Å². The second-order valence-electron chi connectivity index (χ2n) is 7.48. The Morgan fingerprint density at radius 1 is 1.03 bits per heavy atom. The van der Waals surface area contributed by atoms with Crippen molar-refractivity contribution in [1.29, 1.82) is 0 Å². The molecule has 0 aliphatic carbocycles. The van der Waals surface area contributed by atoms with Gasteiger partial charge in [-0.25, -0.2) is 4.98 Å². The molecule has 0 radical (unpaired) electrons. The molecule has 1 amide bonds. The zero-order valence-corrected chi connectivity index (χ0v) is 19.7. The van der Waals surface area contributed by atoms with Gasteiger partial charge in [0.25, 0.3) is 5.91 Å². The lowest BCUT2D eigenvalue weighted by atomic mass is 10.1. The Labute approximate surface area is 198 Å². The minimum absolute atomic E-state index is 0.217. The summed E-state index contributed by atoms with van der Waals surface area (Å²) in [6, 6.07) is 24.0. The van der Waals surface area contributed by atoms with Crippen molar-refractivity contribution in [2.24, 2.45) is 0 Å². The Bertz CT molecular complexity index is 1410. The molecule has 6 heteroatoms. The number of thiazole rings is 1. The molecule has 0 spiro atoms. The number of hydrogen-bond donors (Lipinski definition) is 1. The molecule has 0 fully saturated rings. The standard InChI is InChI=1S/C26H19BrN2O2S/c1-16-21-13-20(27)11-12-23(21)31-24(16)25(30)28-14-17-7-9-18(10-8-17)22-15-32-26(29-22)19-5-3-2-4-6-19/h2-13,15H,14H2,1H3,(H,28,30). The van der Waals surface area contributed by atoms with Crippen LogP contribution in [0.15, 0.2) is 87.1 Å². The molecule has 2 aromatic heterocycles. The maximum absolute atomic E-state index is 12.7. The van der Waals surface area contributed by atoms with Crippen molar-refractivity contribution in [2.75, 3.05) is 0 Å². The fourth-order valence-corrected chi connectivity index (χ4v) is 4.78. The zero-order valence-electron chi connectivity index (χ0n) is 17.3. The summed E-state index contributed by atoms with van der Waals surface area (Å²) in [6.45, 7) is 2.32. The molecule has 0 aliphatic rings. The number of carbonyl (C=O) groups excluding carboxylic acids is 1. The lowest BCUT2D eigenvalue weighted by Crippen LogP contribution is -2.22. The van der Waals surface area contributed by atoms with Crippen LogP contribution in [-0.2, 0) is 6.54 Å². The van der Waals surface area contributed by atoms with Crippen LogP contribution >= 0.6 is 27.3 Å². The normalized spacial score (nSPS) is 11.1. The van der Waals surface area contributed by atoms with Gasteiger partial charge in [-0.1, -0.05) is 70.5 Å². The minimum Gasteiger partial charge on any atom is -0.451 e. The summed E-state index contributed by atoms with van der Waals surface area (Å²) in [5.41, 5.74) is 5.68. The van der Waals surface area contributed by atoms with Crippen LogP contribution < -0.4 is 5.32 Å². The van der Waals surface area contributed by atoms with Crippen molar-refractivity contribution in [2.45, 2.75) is 13.5 Å². The molecule has 0 saturated carbocycles. The summed E-state index contributed by atoms with van der Waals surface area (Å²) >= 11 is 5.10. The van der Waals surface area contributed by atoms with E-state index in [2.05, 4.69) is 38.8 Å². The molecule has 5 aromatic rings. The lowest BCUT2D eigenvalue weighted by molar-refractivity contribution is 0.0924. The fraction of sp³-hybridized carbons (Fsp3) is 0.0769. The van der Waals surface area contributed by atoms with Crippen molar-refractivity contribution in [3.05, 3.63) is 99.5 Å². The average molecular weight is 503 g/mol. The number of rotatable bonds is 5. The monoisotopic (exact) mass is 502 g/mol. The smallest absolute Gasteiger partial charge is 0.287 e. The lowest BCUT2D eigenvalue weighted by Gasteiger charge is -2.05. The second kappa shape index (κ2) is 8.73. The van der Waals surface area contributed by atoms with E-state index in [-0.39, 0.29) is 5.91 Å². The quantitative estimate of drug-likeness (QED) is 0.275. The van der Waals surface area contributed by atoms with Crippen LogP contribution in [0.2, 0.25) is 0 Å². The molecular formula is C26H19BrN2O2S. The molecule has 4 nitrogen and oxygen atoms in total. The Hall–Kier alpha value is -3.22. The third-order valence-electron chi connectivity index (χ3n) is 5.33. The summed E-state index contributed by atoms with van der Waals surface area (Å²) < 4.78 is 6.74. The van der Waals surface area contributed by atoms with E-state index in [9.17, 15) is 4.79 Å². The first-order valence-electron chi connectivity index (χ1n) is 10.2. The maximum Gasteiger partial charge on any atom is 0.287 e. The number of carbonyl (C=O) groups is 1. The van der Waals surface area contributed by atoms with E-state index in [1.54, 1.807) is 11.3 Å². The van der Waals surface area contributed by atoms with E-state index >= 15 is 0 Å². The Morgan fingerprint density at radius 3 is 2.59 bits per heavy atom. The van der Waals surface area contributed by atoms with Gasteiger partial charge in [0.1, 0.15) is 10.6 Å². The highest BCUT2D eigenvalue weighted by Crippen LogP contribution is 2.30. The predicted octanol–water partition coefficient (Wildman–Crippen LogP) is 7.22. The van der Waals surface area contributed by atoms with Gasteiger partial charge in [0.2, 0.25) is 0 Å². The van der Waals surface area contributed by atoms with Crippen molar-refractivity contribution in [3.63, 3.8) is 0 Å². The van der Waals surface area contributed by atoms with E-state index in [1.807, 2.05) is 67.6 Å². The Morgan fingerprint density at radius 2 is 1.81 bits per heavy atom. The van der Waals surface area contributed by atoms with E-state index in [0.717, 1.165) is 42.8 Å². The van der Waals surface area contributed by atoms with Gasteiger partial charge in [-0.15, -0.1) is 11.3 Å². The van der Waals surface area contributed by atoms with E-state index in [1.165, 1.54) is 0 Å². The SMILES string of the molecule is Cc1c(C(=O)NCc2ccc(-c3csc(-c4ccccc4)n3)cc2)oc2ccc(Br)cc12. The summed E-state index contributed by atoms with van der Waals surface area (Å²) in [5, 5.41) is 6.97. The van der Waals surface area contributed by atoms with Crippen LogP contribution in [0.5, 0.6) is 0 Å². The molecule has 3 aromatic carbocycles. The summed E-state index contributed by atoms with van der Waals surface area (Å²) in [5.74, 6) is 0.136. The molecule has 158 valence electrons. The summed E-state index contributed by atoms with van der Waals surface area (Å²) in [7, 11) is 0. The molecular weight excluding hydrogens is 484 g/mol. The molecule has 0 saturated heterocycles. The van der Waals surface area contributed by atoms with Crippen LogP contribution in [0.1, 0.15) is 21.7 Å². The van der Waals surface area contributed by atoms with Crippen LogP contribution in [0, 0.1) is 6.92 Å². The average Bonchev–Trinajstić information content (AvgIpc) is 3.44. The van der Waals surface area contributed by atoms with Gasteiger partial charge in [0.05, 0.1) is 5.69 Å². The van der Waals surface area contributed by atoms with Crippen molar-refractivity contribution >= 4 is 44.1 Å². The number of fused-ring (bicyclic) bond motifs is 1. The summed E-state index contributed by atoms with van der Waals surface area (Å²) in [4.78, 5) is 17.5. The molecule has 2 heterocycles. The van der Waals surface area contributed by atoms with Gasteiger partial charge < -0.3 is 9.73 Å². The first-order chi connectivity index (χ1) is 15.6. The van der Waals surface area contributed by atoms with Crippen LogP contribution in [0.3, 0.4) is 0 Å². The topological polar surface area (TPSA) is 55.1 Å². The summed E-state index contributed by atoms with van der Waals surface area (Å²) in [6.07, 6.45) is 0. The van der Waals surface area contributed by atoms with Crippen molar-refractivity contribution in [1.82, 2.24) is 10.3 Å². The molecule has 32 heavy (non-hydrogen) atoms. The number of aromatic nitrogens is 1. The van der Waals surface area contributed by atoms with Crippen molar-refractivity contribution < 1.29 is 9.21 Å². The second-order valence-corrected chi connectivity index (χ2v) is 9.25. The number of aryl methyl sites for hydroxylation is 1. The van der Waals surface area contributed by atoms with E-state index in [0.29, 0.717) is 17.9 Å². The predicted molar refractivity (Wildman–Crippen MR) is 133 cm³/mol. The number of furan rings is 1. The minimum atomic E-state index is -0.217. The fourth-order valence-electron chi connectivity index (χ4n) is 3.59. The van der Waals surface area contributed by atoms with Gasteiger partial charge in [-0.3, -0.25) is 4.79 Å². The highest BCUT2D eigenvalue weighted by atomic mass is 79.9. The van der Waals surface area contributed by atoms with Gasteiger partial charge in [0, 0.05) is 38.5 Å². The number of benzene rings is 3. The van der Waals surface area contributed by atoms with Crippen LogP contribution in [0.25, 0.3) is 32.8 Å². The first kappa shape index (κ1) is 20.7. The molecule has 0 bridgehead atoms. The Kier molecular flexibility index (Phi) is 5.64. The number of nitrogens with one attached hydrogen (secondary N) is 1. The Balaban J connectivity index is 1.27. The number of nitrogens with zero attached hydrogens (tertiary/aromatic N) is 1. The first-order valence-corrected chi connectivity index (χ1v) is 11.8. The van der Waals surface area contributed by atoms with Gasteiger partial charge in [-0.05, 0) is 30.7 Å². The largest absolute Gasteiger partial charge is 0.451 e. The molecule has 0 aliphatic heterocycles. The van der Waals surface area contributed by atoms with Gasteiger partial charge >= 0.3 is 0 Å². The maximum atomic E-state index is 12.7. The molecule has 1 N–H and O–H groups in total. The number of amides is 1. The number of hydrogen-bond acceptors (Lipinski definition) is 4. The number of halogens is 1. The van der Waals surface area contributed by atoms with E-state index in [4.69, 9.17) is 9.40 Å². The molecule has 0 atom stereocenters. The van der Waals surface area contributed by atoms with Crippen LogP contribution in [-0.4, -0.2) is 10.9 Å². The zero-order chi connectivity index (χ0) is 22.1. The van der Waals surface area contributed by atoms with E-state index < -0.39 is 0 Å². The highest BCUT2D eigenvalue weighted by Gasteiger charge is 2.17. The van der Waals surface area contributed by atoms with Gasteiger partial charge in [-0.2, -0.15) is 0 Å². The highest BCUT2D eigenvalue weighted by molar-refractivity contribution is 9.10. The molecule has 0 unspecified atom stereocenters. The van der Waals surface area contributed by atoms with Crippen LogP contribution in [0.4, 0.5) is 0 Å². The molecule has 5 rings (SSSR count). The third-order valence-corrected chi connectivity index (χ3v) is 6.72.